The van der Waals surface area contributed by atoms with E-state index in [0.29, 0.717) is 0 Å². The van der Waals surface area contributed by atoms with Crippen LogP contribution in [0.5, 0.6) is 0 Å². The first kappa shape index (κ1) is 20.5. The average molecular weight is 488 g/mol. The van der Waals surface area contributed by atoms with Gasteiger partial charge in [-0.25, -0.2) is 4.98 Å². The molecule has 0 spiro atoms. The Bertz CT molecular complexity index is 682. The van der Waals surface area contributed by atoms with Crippen molar-refractivity contribution in [3.8, 4) is 10.6 Å². The number of thiazole rings is 1. The van der Waals surface area contributed by atoms with Gasteiger partial charge in [-0.1, -0.05) is 30.3 Å². The van der Waals surface area contributed by atoms with Crippen molar-refractivity contribution in [3.63, 3.8) is 0 Å². The highest BCUT2D eigenvalue weighted by atomic mass is 127. The number of hydrogen-bond acceptors (Lipinski definition) is 4. The van der Waals surface area contributed by atoms with E-state index >= 15 is 0 Å². The third kappa shape index (κ3) is 5.86. The minimum atomic E-state index is 0. The molecule has 25 heavy (non-hydrogen) atoms. The van der Waals surface area contributed by atoms with Gasteiger partial charge >= 0.3 is 0 Å². The normalized spacial score (nSPS) is 17.2. The van der Waals surface area contributed by atoms with Gasteiger partial charge in [-0.05, 0) is 25.5 Å². The molecule has 1 aromatic carbocycles. The first-order valence-electron chi connectivity index (χ1n) is 8.34. The molecule has 0 saturated carbocycles. The van der Waals surface area contributed by atoms with Crippen LogP contribution in [0.2, 0.25) is 0 Å². The molecule has 0 amide bonds. The number of rotatable bonds is 5. The molecule has 7 heteroatoms. The van der Waals surface area contributed by atoms with E-state index in [0.717, 1.165) is 35.0 Å². The van der Waals surface area contributed by atoms with E-state index in [1.54, 1.807) is 11.3 Å². The molecule has 4 nitrogen and oxygen atoms in total. The third-order valence-corrected chi connectivity index (χ3v) is 6.68. The van der Waals surface area contributed by atoms with E-state index in [2.05, 4.69) is 58.6 Å². The first-order chi connectivity index (χ1) is 11.8. The fraction of sp³-hybridized carbons (Fsp3) is 0.444. The molecule has 3 rings (SSSR count). The lowest BCUT2D eigenvalue weighted by atomic mass is 10.2. The van der Waals surface area contributed by atoms with E-state index in [9.17, 15) is 0 Å². The van der Waals surface area contributed by atoms with E-state index in [-0.39, 0.29) is 24.0 Å². The fourth-order valence-electron chi connectivity index (χ4n) is 2.70. The van der Waals surface area contributed by atoms with Gasteiger partial charge in [-0.15, -0.1) is 35.3 Å². The molecule has 2 N–H and O–H groups in total. The van der Waals surface area contributed by atoms with Gasteiger partial charge in [0, 0.05) is 29.3 Å². The van der Waals surface area contributed by atoms with Crippen LogP contribution in [0.3, 0.4) is 0 Å². The minimum absolute atomic E-state index is 0. The highest BCUT2D eigenvalue weighted by Gasteiger charge is 2.16. The maximum absolute atomic E-state index is 4.71. The SMILES string of the molecule is CN=C(NCc1sc(-c2ccccc2)nc1C)NCC1CCCS1.I. The van der Waals surface area contributed by atoms with Gasteiger partial charge in [-0.2, -0.15) is 11.8 Å². The van der Waals surface area contributed by atoms with Crippen molar-refractivity contribution >= 4 is 53.0 Å². The Kier molecular flexibility index (Phi) is 8.51. The molecular formula is C18H25IN4S2. The summed E-state index contributed by atoms with van der Waals surface area (Å²) in [5, 5.41) is 8.66. The second kappa shape index (κ2) is 10.4. The minimum Gasteiger partial charge on any atom is -0.355 e. The van der Waals surface area contributed by atoms with Gasteiger partial charge in [0.25, 0.3) is 0 Å². The number of nitrogens with zero attached hydrogens (tertiary/aromatic N) is 2. The highest BCUT2D eigenvalue weighted by molar-refractivity contribution is 14.0. The summed E-state index contributed by atoms with van der Waals surface area (Å²) < 4.78 is 0. The molecule has 2 heterocycles. The number of aliphatic imine (C=N–C) groups is 1. The molecule has 0 aliphatic carbocycles. The maximum atomic E-state index is 4.71. The number of benzene rings is 1. The smallest absolute Gasteiger partial charge is 0.191 e. The van der Waals surface area contributed by atoms with Crippen molar-refractivity contribution in [2.75, 3.05) is 19.3 Å². The molecule has 1 aromatic heterocycles. The van der Waals surface area contributed by atoms with Gasteiger partial charge < -0.3 is 10.6 Å². The molecular weight excluding hydrogens is 463 g/mol. The van der Waals surface area contributed by atoms with Crippen LogP contribution in [0.15, 0.2) is 35.3 Å². The van der Waals surface area contributed by atoms with Crippen molar-refractivity contribution in [2.24, 2.45) is 4.99 Å². The van der Waals surface area contributed by atoms with E-state index < -0.39 is 0 Å². The molecule has 0 radical (unpaired) electrons. The Morgan fingerprint density at radius 3 is 2.76 bits per heavy atom. The molecule has 1 atom stereocenters. The number of thioether (sulfide) groups is 1. The maximum Gasteiger partial charge on any atom is 0.191 e. The molecule has 1 unspecified atom stereocenters. The Labute approximate surface area is 175 Å². The predicted molar refractivity (Wildman–Crippen MR) is 121 cm³/mol. The van der Waals surface area contributed by atoms with Crippen LogP contribution < -0.4 is 10.6 Å². The Morgan fingerprint density at radius 2 is 2.08 bits per heavy atom. The van der Waals surface area contributed by atoms with Crippen LogP contribution in [-0.2, 0) is 6.54 Å². The zero-order chi connectivity index (χ0) is 16.8. The van der Waals surface area contributed by atoms with Crippen LogP contribution in [0.1, 0.15) is 23.4 Å². The first-order valence-corrected chi connectivity index (χ1v) is 10.2. The monoisotopic (exact) mass is 488 g/mol. The van der Waals surface area contributed by atoms with Crippen LogP contribution in [0, 0.1) is 6.92 Å². The number of hydrogen-bond donors (Lipinski definition) is 2. The Balaban J connectivity index is 0.00000225. The quantitative estimate of drug-likeness (QED) is 0.375. The molecule has 1 fully saturated rings. The summed E-state index contributed by atoms with van der Waals surface area (Å²) in [6, 6.07) is 10.3. The summed E-state index contributed by atoms with van der Waals surface area (Å²) in [7, 11) is 1.83. The Hall–Kier alpha value is -0.800. The van der Waals surface area contributed by atoms with Crippen molar-refractivity contribution in [1.82, 2.24) is 15.6 Å². The van der Waals surface area contributed by atoms with Gasteiger partial charge in [-0.3, -0.25) is 4.99 Å². The number of nitrogens with one attached hydrogen (secondary N) is 2. The largest absolute Gasteiger partial charge is 0.355 e. The number of guanidine groups is 1. The Morgan fingerprint density at radius 1 is 1.28 bits per heavy atom. The molecule has 0 bridgehead atoms. The van der Waals surface area contributed by atoms with E-state index in [1.807, 2.05) is 13.1 Å². The van der Waals surface area contributed by atoms with Crippen molar-refractivity contribution in [2.45, 2.75) is 31.6 Å². The summed E-state index contributed by atoms with van der Waals surface area (Å²) in [4.78, 5) is 10.3. The second-order valence-electron chi connectivity index (χ2n) is 5.84. The molecule has 1 aliphatic rings. The summed E-state index contributed by atoms with van der Waals surface area (Å²) >= 11 is 3.81. The van der Waals surface area contributed by atoms with Gasteiger partial charge in [0.05, 0.1) is 12.2 Å². The fourth-order valence-corrected chi connectivity index (χ4v) is 4.91. The van der Waals surface area contributed by atoms with Gasteiger partial charge in [0.2, 0.25) is 0 Å². The lowest BCUT2D eigenvalue weighted by Gasteiger charge is -2.14. The molecule has 1 aliphatic heterocycles. The molecule has 2 aromatic rings. The van der Waals surface area contributed by atoms with Crippen molar-refractivity contribution < 1.29 is 0 Å². The highest BCUT2D eigenvalue weighted by Crippen LogP contribution is 2.27. The summed E-state index contributed by atoms with van der Waals surface area (Å²) in [6.07, 6.45) is 2.65. The van der Waals surface area contributed by atoms with Crippen LogP contribution >= 0.6 is 47.1 Å². The van der Waals surface area contributed by atoms with Gasteiger partial charge in [0.1, 0.15) is 5.01 Å². The molecule has 136 valence electrons. The zero-order valence-electron chi connectivity index (χ0n) is 14.6. The van der Waals surface area contributed by atoms with Crippen molar-refractivity contribution in [3.05, 3.63) is 40.9 Å². The van der Waals surface area contributed by atoms with Gasteiger partial charge in [0.15, 0.2) is 5.96 Å². The summed E-state index contributed by atoms with van der Waals surface area (Å²) in [5.74, 6) is 2.16. The second-order valence-corrected chi connectivity index (χ2v) is 8.33. The van der Waals surface area contributed by atoms with Crippen molar-refractivity contribution in [1.29, 1.82) is 0 Å². The van der Waals surface area contributed by atoms with Crippen LogP contribution in [-0.4, -0.2) is 35.5 Å². The average Bonchev–Trinajstić information content (AvgIpc) is 3.26. The summed E-state index contributed by atoms with van der Waals surface area (Å²) in [6.45, 7) is 3.82. The lowest BCUT2D eigenvalue weighted by molar-refractivity contribution is 0.726. The van der Waals surface area contributed by atoms with Crippen LogP contribution in [0.4, 0.5) is 0 Å². The van der Waals surface area contributed by atoms with E-state index in [1.165, 1.54) is 29.0 Å². The topological polar surface area (TPSA) is 49.3 Å². The predicted octanol–water partition coefficient (Wildman–Crippen LogP) is 4.30. The number of aromatic nitrogens is 1. The lowest BCUT2D eigenvalue weighted by Crippen LogP contribution is -2.39. The number of aryl methyl sites for hydroxylation is 1. The summed E-state index contributed by atoms with van der Waals surface area (Å²) in [5.41, 5.74) is 2.27. The standard InChI is InChI=1S/C18H24N4S2.HI/c1-13-16(24-17(22-13)14-7-4-3-5-8-14)12-21-18(19-2)20-11-15-9-6-10-23-15;/h3-5,7-8,15H,6,9-12H2,1-2H3,(H2,19,20,21);1H. The molecule has 1 saturated heterocycles. The zero-order valence-corrected chi connectivity index (χ0v) is 18.6. The number of halogens is 1. The van der Waals surface area contributed by atoms with E-state index in [4.69, 9.17) is 4.98 Å². The van der Waals surface area contributed by atoms with Crippen LogP contribution in [0.25, 0.3) is 10.6 Å². The third-order valence-electron chi connectivity index (χ3n) is 4.07.